The number of rotatable bonds is 2. The highest BCUT2D eigenvalue weighted by atomic mass is 35.7. The monoisotopic (exact) mass is 200 g/mol. The lowest BCUT2D eigenvalue weighted by molar-refractivity contribution is 0.334. The van der Waals surface area contributed by atoms with E-state index in [1.165, 1.54) is 0 Å². The first-order valence-corrected chi connectivity index (χ1v) is 6.01. The Bertz CT molecular complexity index is 227. The molecule has 66 valence electrons. The second-order valence-corrected chi connectivity index (χ2v) is 5.80. The summed E-state index contributed by atoms with van der Waals surface area (Å²) in [5.41, 5.74) is 0. The molecule has 0 spiro atoms. The first-order valence-electron chi connectivity index (χ1n) is 3.54. The fourth-order valence-corrected chi connectivity index (χ4v) is 2.85. The van der Waals surface area contributed by atoms with E-state index in [0.717, 1.165) is 0 Å². The van der Waals surface area contributed by atoms with Gasteiger partial charge in [0.05, 0.1) is 5.75 Å². The van der Waals surface area contributed by atoms with Gasteiger partial charge >= 0.3 is 0 Å². The minimum Gasteiger partial charge on any atom is -0.247 e. The molecule has 0 aliphatic heterocycles. The lowest BCUT2D eigenvalue weighted by atomic mass is 10.1. The molecular weight excluding hydrogens is 191 g/mol. The van der Waals surface area contributed by atoms with Gasteiger partial charge in [0.15, 0.2) is 0 Å². The third-order valence-electron chi connectivity index (χ3n) is 1.91. The Kier molecular flexibility index (Phi) is 2.75. The van der Waals surface area contributed by atoms with Crippen molar-refractivity contribution in [2.24, 2.45) is 5.92 Å². The van der Waals surface area contributed by atoms with E-state index in [0.29, 0.717) is 19.3 Å². The quantitative estimate of drug-likeness (QED) is 0.636. The van der Waals surface area contributed by atoms with Crippen LogP contribution in [0.15, 0.2) is 0 Å². The van der Waals surface area contributed by atoms with Crippen LogP contribution in [0.2, 0.25) is 0 Å². The van der Waals surface area contributed by atoms with Crippen molar-refractivity contribution in [3.8, 4) is 0 Å². The first kappa shape index (κ1) is 9.26. The van der Waals surface area contributed by atoms with E-state index in [4.69, 9.17) is 10.7 Å². The SMILES string of the molecule is O=S(=O)(Cl)CC1CCC(F)C1. The Morgan fingerprint density at radius 1 is 1.45 bits per heavy atom. The highest BCUT2D eigenvalue weighted by Crippen LogP contribution is 2.29. The lowest BCUT2D eigenvalue weighted by Crippen LogP contribution is -2.08. The molecular formula is C6H10ClFO2S. The third-order valence-corrected chi connectivity index (χ3v) is 3.16. The minimum absolute atomic E-state index is 0.0625. The molecule has 0 aromatic heterocycles. The summed E-state index contributed by atoms with van der Waals surface area (Å²) in [4.78, 5) is 0. The molecule has 1 fully saturated rings. The molecule has 0 aromatic carbocycles. The van der Waals surface area contributed by atoms with Crippen molar-refractivity contribution in [3.05, 3.63) is 0 Å². The molecule has 1 aliphatic carbocycles. The van der Waals surface area contributed by atoms with E-state index in [-0.39, 0.29) is 11.7 Å². The Balaban J connectivity index is 2.41. The van der Waals surface area contributed by atoms with Gasteiger partial charge in [0.2, 0.25) is 9.05 Å². The number of halogens is 2. The van der Waals surface area contributed by atoms with Gasteiger partial charge in [0.1, 0.15) is 6.17 Å². The smallest absolute Gasteiger partial charge is 0.232 e. The topological polar surface area (TPSA) is 34.1 Å². The number of hydrogen-bond acceptors (Lipinski definition) is 2. The Morgan fingerprint density at radius 3 is 2.45 bits per heavy atom. The van der Waals surface area contributed by atoms with Crippen LogP contribution in [0.4, 0.5) is 4.39 Å². The predicted molar refractivity (Wildman–Crippen MR) is 41.9 cm³/mol. The van der Waals surface area contributed by atoms with Crippen LogP contribution in [0.1, 0.15) is 19.3 Å². The van der Waals surface area contributed by atoms with Crippen molar-refractivity contribution in [1.82, 2.24) is 0 Å². The van der Waals surface area contributed by atoms with Crippen molar-refractivity contribution in [2.75, 3.05) is 5.75 Å². The predicted octanol–water partition coefficient (Wildman–Crippen LogP) is 1.69. The van der Waals surface area contributed by atoms with Gasteiger partial charge < -0.3 is 0 Å². The molecule has 0 amide bonds. The van der Waals surface area contributed by atoms with Crippen molar-refractivity contribution >= 4 is 19.7 Å². The van der Waals surface area contributed by atoms with E-state index >= 15 is 0 Å². The molecule has 5 heteroatoms. The maximum atomic E-state index is 12.5. The highest BCUT2D eigenvalue weighted by molar-refractivity contribution is 8.13. The molecule has 0 aromatic rings. The number of alkyl halides is 1. The van der Waals surface area contributed by atoms with Gasteiger partial charge in [-0.3, -0.25) is 0 Å². The van der Waals surface area contributed by atoms with Gasteiger partial charge in [-0.2, -0.15) is 0 Å². The molecule has 2 unspecified atom stereocenters. The van der Waals surface area contributed by atoms with Crippen LogP contribution in [0.25, 0.3) is 0 Å². The summed E-state index contributed by atoms with van der Waals surface area (Å²) < 4.78 is 33.6. The summed E-state index contributed by atoms with van der Waals surface area (Å²) in [6.07, 6.45) is 0.661. The van der Waals surface area contributed by atoms with Gasteiger partial charge in [-0.1, -0.05) is 0 Å². The molecule has 0 saturated heterocycles. The van der Waals surface area contributed by atoms with Crippen LogP contribution in [0.5, 0.6) is 0 Å². The Labute approximate surface area is 70.2 Å². The molecule has 0 bridgehead atoms. The van der Waals surface area contributed by atoms with Crippen LogP contribution in [0, 0.1) is 5.92 Å². The zero-order valence-electron chi connectivity index (χ0n) is 5.96. The zero-order chi connectivity index (χ0) is 8.48. The largest absolute Gasteiger partial charge is 0.247 e. The molecule has 1 rings (SSSR count). The van der Waals surface area contributed by atoms with Gasteiger partial charge in [0, 0.05) is 10.7 Å². The van der Waals surface area contributed by atoms with E-state index in [1.807, 2.05) is 0 Å². The third kappa shape index (κ3) is 3.38. The highest BCUT2D eigenvalue weighted by Gasteiger charge is 2.27. The van der Waals surface area contributed by atoms with Crippen molar-refractivity contribution in [3.63, 3.8) is 0 Å². The van der Waals surface area contributed by atoms with Crippen LogP contribution in [-0.2, 0) is 9.05 Å². The van der Waals surface area contributed by atoms with E-state index < -0.39 is 15.2 Å². The fourth-order valence-electron chi connectivity index (χ4n) is 1.45. The van der Waals surface area contributed by atoms with Crippen LogP contribution in [-0.4, -0.2) is 20.3 Å². The molecule has 2 nitrogen and oxygen atoms in total. The maximum absolute atomic E-state index is 12.5. The summed E-state index contributed by atoms with van der Waals surface area (Å²) in [5.74, 6) is -0.137. The molecule has 0 N–H and O–H groups in total. The van der Waals surface area contributed by atoms with Gasteiger partial charge in [-0.15, -0.1) is 0 Å². The summed E-state index contributed by atoms with van der Waals surface area (Å²) in [6.45, 7) is 0. The van der Waals surface area contributed by atoms with Crippen molar-refractivity contribution in [1.29, 1.82) is 0 Å². The first-order chi connectivity index (χ1) is 4.97. The lowest BCUT2D eigenvalue weighted by Gasteiger charge is -2.03. The fraction of sp³-hybridized carbons (Fsp3) is 1.00. The molecule has 2 atom stereocenters. The molecule has 1 aliphatic rings. The summed E-state index contributed by atoms with van der Waals surface area (Å²) >= 11 is 0. The molecule has 1 saturated carbocycles. The summed E-state index contributed by atoms with van der Waals surface area (Å²) in [6, 6.07) is 0. The van der Waals surface area contributed by atoms with Gasteiger partial charge in [0.25, 0.3) is 0 Å². The maximum Gasteiger partial charge on any atom is 0.232 e. The van der Waals surface area contributed by atoms with Crippen molar-refractivity contribution < 1.29 is 12.8 Å². The molecule has 0 radical (unpaired) electrons. The average molecular weight is 201 g/mol. The average Bonchev–Trinajstić information content (AvgIpc) is 2.10. The van der Waals surface area contributed by atoms with Gasteiger partial charge in [-0.25, -0.2) is 12.8 Å². The van der Waals surface area contributed by atoms with Crippen LogP contribution in [0.3, 0.4) is 0 Å². The molecule has 11 heavy (non-hydrogen) atoms. The minimum atomic E-state index is -3.43. The van der Waals surface area contributed by atoms with E-state index in [9.17, 15) is 12.8 Å². The van der Waals surface area contributed by atoms with Crippen LogP contribution < -0.4 is 0 Å². The normalized spacial score (nSPS) is 32.5. The summed E-state index contributed by atoms with van der Waals surface area (Å²) in [5, 5.41) is 0. The van der Waals surface area contributed by atoms with E-state index in [2.05, 4.69) is 0 Å². The summed E-state index contributed by atoms with van der Waals surface area (Å²) in [7, 11) is 1.59. The number of hydrogen-bond donors (Lipinski definition) is 0. The molecule has 0 heterocycles. The van der Waals surface area contributed by atoms with Crippen LogP contribution >= 0.6 is 10.7 Å². The van der Waals surface area contributed by atoms with Gasteiger partial charge in [-0.05, 0) is 25.2 Å². The standard InChI is InChI=1S/C6H10ClFO2S/c7-11(9,10)4-5-1-2-6(8)3-5/h5-6H,1-4H2. The second-order valence-electron chi connectivity index (χ2n) is 2.98. The Morgan fingerprint density at radius 2 is 2.09 bits per heavy atom. The van der Waals surface area contributed by atoms with E-state index in [1.54, 1.807) is 0 Å². The zero-order valence-corrected chi connectivity index (χ0v) is 7.54. The van der Waals surface area contributed by atoms with Crippen molar-refractivity contribution in [2.45, 2.75) is 25.4 Å². The Hall–Kier alpha value is 0.170. The second kappa shape index (κ2) is 3.27.